The number of aromatic nitrogens is 2. The SMILES string of the molecule is CCS(=O)CCNCc1cncn1C. The van der Waals surface area contributed by atoms with E-state index < -0.39 is 10.8 Å². The molecule has 1 heterocycles. The van der Waals surface area contributed by atoms with Crippen LogP contribution in [0, 0.1) is 0 Å². The Kier molecular flexibility index (Phi) is 4.82. The molecule has 0 radical (unpaired) electrons. The zero-order chi connectivity index (χ0) is 10.4. The molecule has 14 heavy (non-hydrogen) atoms. The predicted octanol–water partition coefficient (Wildman–Crippen LogP) is 0.278. The normalized spacial score (nSPS) is 13.0. The molecule has 1 N–H and O–H groups in total. The first kappa shape index (κ1) is 11.4. The van der Waals surface area contributed by atoms with Crippen LogP contribution < -0.4 is 5.32 Å². The fourth-order valence-electron chi connectivity index (χ4n) is 1.10. The van der Waals surface area contributed by atoms with Crippen LogP contribution in [0.5, 0.6) is 0 Å². The highest BCUT2D eigenvalue weighted by Gasteiger charge is 1.98. The molecule has 1 aromatic rings. The highest BCUT2D eigenvalue weighted by atomic mass is 32.2. The van der Waals surface area contributed by atoms with E-state index in [0.717, 1.165) is 30.3 Å². The highest BCUT2D eigenvalue weighted by molar-refractivity contribution is 7.84. The first-order valence-electron chi connectivity index (χ1n) is 4.75. The van der Waals surface area contributed by atoms with E-state index in [0.29, 0.717) is 0 Å². The van der Waals surface area contributed by atoms with Gasteiger partial charge in [-0.25, -0.2) is 4.98 Å². The standard InChI is InChI=1S/C9H17N3OS/c1-3-14(13)5-4-10-6-9-7-11-8-12(9)2/h7-8,10H,3-6H2,1-2H3. The van der Waals surface area contributed by atoms with Gasteiger partial charge in [0.15, 0.2) is 0 Å². The molecule has 0 saturated carbocycles. The van der Waals surface area contributed by atoms with E-state index in [1.807, 2.05) is 24.7 Å². The van der Waals surface area contributed by atoms with Crippen molar-refractivity contribution in [2.45, 2.75) is 13.5 Å². The minimum Gasteiger partial charge on any atom is -0.337 e. The summed E-state index contributed by atoms with van der Waals surface area (Å²) >= 11 is 0. The van der Waals surface area contributed by atoms with Gasteiger partial charge in [-0.1, -0.05) is 6.92 Å². The average Bonchev–Trinajstić information content (AvgIpc) is 2.58. The molecule has 0 aliphatic carbocycles. The van der Waals surface area contributed by atoms with Crippen LogP contribution in [0.25, 0.3) is 0 Å². The summed E-state index contributed by atoms with van der Waals surface area (Å²) in [5.41, 5.74) is 1.15. The summed E-state index contributed by atoms with van der Waals surface area (Å²) in [6.45, 7) is 3.53. The van der Waals surface area contributed by atoms with Crippen LogP contribution in [-0.2, 0) is 24.4 Å². The van der Waals surface area contributed by atoms with Crippen molar-refractivity contribution in [2.75, 3.05) is 18.1 Å². The zero-order valence-corrected chi connectivity index (χ0v) is 9.51. The maximum atomic E-state index is 11.1. The topological polar surface area (TPSA) is 46.9 Å². The Bertz CT molecular complexity index is 298. The third kappa shape index (κ3) is 3.59. The van der Waals surface area contributed by atoms with Gasteiger partial charge in [-0.05, 0) is 0 Å². The molecule has 1 rings (SSSR count). The van der Waals surface area contributed by atoms with Crippen molar-refractivity contribution in [1.29, 1.82) is 0 Å². The summed E-state index contributed by atoms with van der Waals surface area (Å²) in [5.74, 6) is 1.47. The number of hydrogen-bond acceptors (Lipinski definition) is 3. The van der Waals surface area contributed by atoms with Crippen molar-refractivity contribution in [3.8, 4) is 0 Å². The van der Waals surface area contributed by atoms with Crippen LogP contribution >= 0.6 is 0 Å². The average molecular weight is 215 g/mol. The lowest BCUT2D eigenvalue weighted by Crippen LogP contribution is -2.21. The Balaban J connectivity index is 2.16. The second kappa shape index (κ2) is 5.93. The Hall–Kier alpha value is -0.680. The number of aryl methyl sites for hydroxylation is 1. The van der Waals surface area contributed by atoms with Gasteiger partial charge in [-0.3, -0.25) is 4.21 Å². The lowest BCUT2D eigenvalue weighted by atomic mass is 10.4. The van der Waals surface area contributed by atoms with E-state index in [4.69, 9.17) is 0 Å². The molecule has 0 aliphatic heterocycles. The van der Waals surface area contributed by atoms with Crippen molar-refractivity contribution in [3.05, 3.63) is 18.2 Å². The lowest BCUT2D eigenvalue weighted by Gasteiger charge is -2.04. The van der Waals surface area contributed by atoms with Gasteiger partial charge in [-0.2, -0.15) is 0 Å². The van der Waals surface area contributed by atoms with Gasteiger partial charge < -0.3 is 9.88 Å². The zero-order valence-electron chi connectivity index (χ0n) is 8.69. The Morgan fingerprint density at radius 2 is 2.43 bits per heavy atom. The van der Waals surface area contributed by atoms with Crippen LogP contribution in [0.15, 0.2) is 12.5 Å². The monoisotopic (exact) mass is 215 g/mol. The van der Waals surface area contributed by atoms with Gasteiger partial charge in [0.1, 0.15) is 0 Å². The molecule has 0 spiro atoms. The van der Waals surface area contributed by atoms with Crippen molar-refractivity contribution in [3.63, 3.8) is 0 Å². The maximum Gasteiger partial charge on any atom is 0.0945 e. The van der Waals surface area contributed by atoms with Gasteiger partial charge >= 0.3 is 0 Å². The number of hydrogen-bond donors (Lipinski definition) is 1. The summed E-state index contributed by atoms with van der Waals surface area (Å²) < 4.78 is 13.1. The number of rotatable bonds is 6. The van der Waals surface area contributed by atoms with E-state index in [2.05, 4.69) is 10.3 Å². The molecule has 0 bridgehead atoms. The summed E-state index contributed by atoms with van der Waals surface area (Å²) in [4.78, 5) is 4.01. The van der Waals surface area contributed by atoms with Gasteiger partial charge in [0.2, 0.25) is 0 Å². The number of nitrogens with zero attached hydrogens (tertiary/aromatic N) is 2. The molecule has 5 heteroatoms. The van der Waals surface area contributed by atoms with Gasteiger partial charge in [0, 0.05) is 48.6 Å². The smallest absolute Gasteiger partial charge is 0.0945 e. The third-order valence-electron chi connectivity index (χ3n) is 2.05. The fourth-order valence-corrected chi connectivity index (χ4v) is 1.76. The predicted molar refractivity (Wildman–Crippen MR) is 58.5 cm³/mol. The summed E-state index contributed by atoms with van der Waals surface area (Å²) in [5, 5.41) is 3.24. The van der Waals surface area contributed by atoms with E-state index in [1.54, 1.807) is 6.33 Å². The molecule has 0 saturated heterocycles. The second-order valence-corrected chi connectivity index (χ2v) is 4.97. The fraction of sp³-hybridized carbons (Fsp3) is 0.667. The van der Waals surface area contributed by atoms with E-state index >= 15 is 0 Å². The van der Waals surface area contributed by atoms with Crippen LogP contribution in [0.3, 0.4) is 0 Å². The molecule has 0 aliphatic rings. The van der Waals surface area contributed by atoms with E-state index in [-0.39, 0.29) is 0 Å². The maximum absolute atomic E-state index is 11.1. The molecule has 1 atom stereocenters. The number of nitrogens with one attached hydrogen (secondary N) is 1. The second-order valence-electron chi connectivity index (χ2n) is 3.11. The quantitative estimate of drug-likeness (QED) is 0.693. The van der Waals surface area contributed by atoms with Gasteiger partial charge in [0.25, 0.3) is 0 Å². The summed E-state index contributed by atoms with van der Waals surface area (Å²) in [6.07, 6.45) is 3.62. The van der Waals surface area contributed by atoms with Crippen LogP contribution in [0.4, 0.5) is 0 Å². The molecule has 1 unspecified atom stereocenters. The molecular weight excluding hydrogens is 198 g/mol. The molecule has 1 aromatic heterocycles. The molecule has 0 aromatic carbocycles. The molecular formula is C9H17N3OS. The molecule has 4 nitrogen and oxygen atoms in total. The first-order chi connectivity index (χ1) is 6.74. The number of imidazole rings is 1. The van der Waals surface area contributed by atoms with Crippen molar-refractivity contribution in [1.82, 2.24) is 14.9 Å². The summed E-state index contributed by atoms with van der Waals surface area (Å²) in [6, 6.07) is 0. The molecule has 0 amide bonds. The van der Waals surface area contributed by atoms with Gasteiger partial charge in [-0.15, -0.1) is 0 Å². The van der Waals surface area contributed by atoms with Crippen molar-refractivity contribution in [2.24, 2.45) is 7.05 Å². The minimum absolute atomic E-state index is 0.666. The highest BCUT2D eigenvalue weighted by Crippen LogP contribution is 1.94. The Morgan fingerprint density at radius 1 is 1.64 bits per heavy atom. The Morgan fingerprint density at radius 3 is 3.00 bits per heavy atom. The van der Waals surface area contributed by atoms with Crippen molar-refractivity contribution < 1.29 is 4.21 Å². The first-order valence-corrected chi connectivity index (χ1v) is 6.23. The molecule has 0 fully saturated rings. The van der Waals surface area contributed by atoms with Crippen LogP contribution in [0.1, 0.15) is 12.6 Å². The van der Waals surface area contributed by atoms with Crippen molar-refractivity contribution >= 4 is 10.8 Å². The summed E-state index contributed by atoms with van der Waals surface area (Å²) in [7, 11) is 1.30. The third-order valence-corrected chi connectivity index (χ3v) is 3.35. The van der Waals surface area contributed by atoms with Gasteiger partial charge in [0.05, 0.1) is 12.0 Å². The Labute approximate surface area is 87.2 Å². The van der Waals surface area contributed by atoms with Crippen LogP contribution in [0.2, 0.25) is 0 Å². The van der Waals surface area contributed by atoms with E-state index in [1.165, 1.54) is 0 Å². The molecule has 80 valence electrons. The van der Waals surface area contributed by atoms with Crippen LogP contribution in [-0.4, -0.2) is 31.8 Å². The minimum atomic E-state index is -0.666. The largest absolute Gasteiger partial charge is 0.337 e. The lowest BCUT2D eigenvalue weighted by molar-refractivity contribution is 0.662. The van der Waals surface area contributed by atoms with E-state index in [9.17, 15) is 4.21 Å².